The molecule has 1 aliphatic carbocycles. The normalized spacial score (nSPS) is 23.7. The Morgan fingerprint density at radius 2 is 2.05 bits per heavy atom. The summed E-state index contributed by atoms with van der Waals surface area (Å²) >= 11 is 0. The minimum Gasteiger partial charge on any atom is -0.497 e. The first kappa shape index (κ1) is 14.2. The molecule has 2 rings (SSSR count). The van der Waals surface area contributed by atoms with Gasteiger partial charge in [0.2, 0.25) is 0 Å². The lowest BCUT2D eigenvalue weighted by atomic mass is 10.1. The van der Waals surface area contributed by atoms with Gasteiger partial charge in [0.1, 0.15) is 17.6 Å². The van der Waals surface area contributed by atoms with Gasteiger partial charge in [-0.1, -0.05) is 18.9 Å². The predicted octanol–water partition coefficient (Wildman–Crippen LogP) is 2.23. The van der Waals surface area contributed by atoms with Crippen molar-refractivity contribution in [1.29, 1.82) is 0 Å². The van der Waals surface area contributed by atoms with Gasteiger partial charge >= 0.3 is 0 Å². The molecule has 3 N–H and O–H groups in total. The van der Waals surface area contributed by atoms with Crippen molar-refractivity contribution in [3.63, 3.8) is 0 Å². The largest absolute Gasteiger partial charge is 0.497 e. The Balaban J connectivity index is 2.15. The number of ether oxygens (including phenoxy) is 2. The summed E-state index contributed by atoms with van der Waals surface area (Å²) in [4.78, 5) is 0. The Morgan fingerprint density at radius 1 is 1.26 bits per heavy atom. The zero-order valence-electron chi connectivity index (χ0n) is 11.5. The van der Waals surface area contributed by atoms with Crippen LogP contribution in [0.3, 0.4) is 0 Å². The van der Waals surface area contributed by atoms with Crippen LogP contribution in [0.5, 0.6) is 11.5 Å². The van der Waals surface area contributed by atoms with E-state index in [2.05, 4.69) is 0 Å². The fourth-order valence-electron chi connectivity index (χ4n) is 2.49. The van der Waals surface area contributed by atoms with Crippen LogP contribution < -0.4 is 15.2 Å². The molecule has 0 saturated heterocycles. The van der Waals surface area contributed by atoms with Crippen LogP contribution in [0.4, 0.5) is 0 Å². The maximum absolute atomic E-state index is 10.1. The van der Waals surface area contributed by atoms with Crippen molar-refractivity contribution < 1.29 is 14.6 Å². The number of methoxy groups -OCH3 is 1. The van der Waals surface area contributed by atoms with E-state index in [0.717, 1.165) is 42.7 Å². The first-order chi connectivity index (χ1) is 9.24. The molecule has 0 aliphatic heterocycles. The third-order valence-corrected chi connectivity index (χ3v) is 3.69. The lowest BCUT2D eigenvalue weighted by molar-refractivity contribution is 0.0313. The first-order valence-corrected chi connectivity index (χ1v) is 6.96. The van der Waals surface area contributed by atoms with E-state index in [4.69, 9.17) is 15.2 Å². The highest BCUT2D eigenvalue weighted by Gasteiger charge is 2.24. The Bertz CT molecular complexity index is 408. The van der Waals surface area contributed by atoms with Crippen LogP contribution >= 0.6 is 0 Å². The molecule has 0 spiro atoms. The zero-order chi connectivity index (χ0) is 13.7. The van der Waals surface area contributed by atoms with Crippen molar-refractivity contribution >= 4 is 0 Å². The summed E-state index contributed by atoms with van der Waals surface area (Å²) in [6.07, 6.45) is 4.51. The molecule has 0 heterocycles. The molecule has 2 atom stereocenters. The number of hydrogen-bond acceptors (Lipinski definition) is 4. The van der Waals surface area contributed by atoms with Crippen molar-refractivity contribution in [1.82, 2.24) is 0 Å². The number of benzene rings is 1. The average molecular weight is 265 g/mol. The first-order valence-electron chi connectivity index (χ1n) is 6.96. The molecule has 19 heavy (non-hydrogen) atoms. The van der Waals surface area contributed by atoms with Crippen LogP contribution in [-0.2, 0) is 6.54 Å². The lowest BCUT2D eigenvalue weighted by Crippen LogP contribution is -2.30. The third kappa shape index (κ3) is 3.61. The lowest BCUT2D eigenvalue weighted by Gasteiger charge is -2.23. The fraction of sp³-hybridized carbons (Fsp3) is 0.600. The molecule has 2 unspecified atom stereocenters. The number of nitrogens with two attached hydrogens (primary N) is 1. The highest BCUT2D eigenvalue weighted by atomic mass is 16.5. The van der Waals surface area contributed by atoms with E-state index < -0.39 is 0 Å². The third-order valence-electron chi connectivity index (χ3n) is 3.69. The summed E-state index contributed by atoms with van der Waals surface area (Å²) in [6.45, 7) is 0.419. The van der Waals surface area contributed by atoms with E-state index in [-0.39, 0.29) is 12.2 Å². The fourth-order valence-corrected chi connectivity index (χ4v) is 2.49. The van der Waals surface area contributed by atoms with Gasteiger partial charge in [0.05, 0.1) is 13.2 Å². The minimum atomic E-state index is -0.390. The quantitative estimate of drug-likeness (QED) is 0.819. The Kier molecular flexibility index (Phi) is 5.05. The van der Waals surface area contributed by atoms with Crippen LogP contribution in [0.2, 0.25) is 0 Å². The van der Waals surface area contributed by atoms with E-state index in [1.54, 1.807) is 7.11 Å². The van der Waals surface area contributed by atoms with Gasteiger partial charge in [-0.3, -0.25) is 0 Å². The SMILES string of the molecule is COc1ccc(CN)c(OC2CCCCCC2O)c1. The Hall–Kier alpha value is -1.26. The van der Waals surface area contributed by atoms with Gasteiger partial charge in [0, 0.05) is 18.2 Å². The summed E-state index contributed by atoms with van der Waals surface area (Å²) in [6, 6.07) is 5.63. The van der Waals surface area contributed by atoms with Gasteiger partial charge in [-0.25, -0.2) is 0 Å². The van der Waals surface area contributed by atoms with Crippen LogP contribution in [0.1, 0.15) is 37.7 Å². The summed E-state index contributed by atoms with van der Waals surface area (Å²) in [7, 11) is 1.63. The second kappa shape index (κ2) is 6.78. The maximum Gasteiger partial charge on any atom is 0.128 e. The molecule has 4 nitrogen and oxygen atoms in total. The van der Waals surface area contributed by atoms with Gasteiger partial charge in [-0.05, 0) is 25.3 Å². The van der Waals surface area contributed by atoms with Crippen molar-refractivity contribution in [3.05, 3.63) is 23.8 Å². The summed E-state index contributed by atoms with van der Waals surface area (Å²) in [5, 5.41) is 10.1. The van der Waals surface area contributed by atoms with Gasteiger partial charge in [-0.2, -0.15) is 0 Å². The van der Waals surface area contributed by atoms with E-state index in [1.165, 1.54) is 6.42 Å². The van der Waals surface area contributed by atoms with Crippen molar-refractivity contribution in [3.8, 4) is 11.5 Å². The topological polar surface area (TPSA) is 64.7 Å². The molecule has 1 fully saturated rings. The smallest absolute Gasteiger partial charge is 0.128 e. The molecule has 106 valence electrons. The number of rotatable bonds is 4. The molecular formula is C15H23NO3. The summed E-state index contributed by atoms with van der Waals surface area (Å²) < 4.78 is 11.2. The summed E-state index contributed by atoms with van der Waals surface area (Å²) in [5.41, 5.74) is 6.67. The summed E-state index contributed by atoms with van der Waals surface area (Å²) in [5.74, 6) is 1.48. The van der Waals surface area contributed by atoms with Gasteiger partial charge in [-0.15, -0.1) is 0 Å². The van der Waals surface area contributed by atoms with Crippen LogP contribution in [0, 0.1) is 0 Å². The zero-order valence-corrected chi connectivity index (χ0v) is 11.5. The second-order valence-corrected chi connectivity index (χ2v) is 5.04. The number of hydrogen-bond donors (Lipinski definition) is 2. The highest BCUT2D eigenvalue weighted by Crippen LogP contribution is 2.29. The van der Waals surface area contributed by atoms with Crippen molar-refractivity contribution in [2.75, 3.05) is 7.11 Å². The van der Waals surface area contributed by atoms with Crippen LogP contribution in [-0.4, -0.2) is 24.4 Å². The number of aliphatic hydroxyl groups excluding tert-OH is 1. The minimum absolute atomic E-state index is 0.139. The van der Waals surface area contributed by atoms with E-state index in [9.17, 15) is 5.11 Å². The molecule has 1 aromatic carbocycles. The Labute approximate surface area is 114 Å². The average Bonchev–Trinajstić information content (AvgIpc) is 2.64. The molecule has 4 heteroatoms. The van der Waals surface area contributed by atoms with Crippen molar-refractivity contribution in [2.24, 2.45) is 5.73 Å². The molecular weight excluding hydrogens is 242 g/mol. The standard InChI is InChI=1S/C15H23NO3/c1-18-12-8-7-11(10-16)15(9-12)19-14-6-4-2-3-5-13(14)17/h7-9,13-14,17H,2-6,10,16H2,1H3. The predicted molar refractivity (Wildman–Crippen MR) is 74.4 cm³/mol. The molecule has 1 aliphatic rings. The Morgan fingerprint density at radius 3 is 2.79 bits per heavy atom. The molecule has 1 saturated carbocycles. The van der Waals surface area contributed by atoms with E-state index >= 15 is 0 Å². The van der Waals surface area contributed by atoms with E-state index in [0.29, 0.717) is 6.54 Å². The molecule has 0 radical (unpaired) electrons. The monoisotopic (exact) mass is 265 g/mol. The van der Waals surface area contributed by atoms with Crippen LogP contribution in [0.15, 0.2) is 18.2 Å². The maximum atomic E-state index is 10.1. The van der Waals surface area contributed by atoms with Crippen molar-refractivity contribution in [2.45, 2.75) is 50.9 Å². The van der Waals surface area contributed by atoms with Gasteiger partial charge in [0.15, 0.2) is 0 Å². The number of aliphatic hydroxyl groups is 1. The molecule has 0 bridgehead atoms. The van der Waals surface area contributed by atoms with Crippen LogP contribution in [0.25, 0.3) is 0 Å². The second-order valence-electron chi connectivity index (χ2n) is 5.04. The van der Waals surface area contributed by atoms with E-state index in [1.807, 2.05) is 18.2 Å². The molecule has 1 aromatic rings. The highest BCUT2D eigenvalue weighted by molar-refractivity contribution is 5.40. The van der Waals surface area contributed by atoms with Gasteiger partial charge in [0.25, 0.3) is 0 Å². The molecule has 0 aromatic heterocycles. The van der Waals surface area contributed by atoms with Gasteiger partial charge < -0.3 is 20.3 Å². The molecule has 0 amide bonds.